The first-order valence-corrected chi connectivity index (χ1v) is 8.26. The molecule has 0 amide bonds. The minimum atomic E-state index is -0.811. The summed E-state index contributed by atoms with van der Waals surface area (Å²) in [5.41, 5.74) is 1.16. The van der Waals surface area contributed by atoms with Crippen molar-refractivity contribution in [3.8, 4) is 6.07 Å². The third kappa shape index (κ3) is 4.05. The number of aromatic nitrogens is 3. The molecule has 0 N–H and O–H groups in total. The Balaban J connectivity index is 2.53. The largest absolute Gasteiger partial charge is 0.465 e. The molecule has 2 rings (SSSR count). The smallest absolute Gasteiger partial charge is 0.315 e. The average molecular weight is 340 g/mol. The number of nitriles is 1. The Morgan fingerprint density at radius 3 is 2.48 bits per heavy atom. The van der Waals surface area contributed by atoms with Crippen molar-refractivity contribution in [3.05, 3.63) is 47.5 Å². The van der Waals surface area contributed by atoms with Gasteiger partial charge in [-0.1, -0.05) is 18.2 Å². The lowest BCUT2D eigenvalue weighted by Crippen LogP contribution is -2.32. The first-order chi connectivity index (χ1) is 11.7. The molecule has 0 unspecified atom stereocenters. The summed E-state index contributed by atoms with van der Waals surface area (Å²) < 4.78 is 6.94. The summed E-state index contributed by atoms with van der Waals surface area (Å²) in [6, 6.07) is 8.20. The molecule has 0 aliphatic rings. The van der Waals surface area contributed by atoms with Gasteiger partial charge in [0.05, 0.1) is 30.1 Å². The van der Waals surface area contributed by atoms with E-state index in [1.807, 2.05) is 45.9 Å². The van der Waals surface area contributed by atoms with Crippen molar-refractivity contribution in [1.82, 2.24) is 14.8 Å². The summed E-state index contributed by atoms with van der Waals surface area (Å²) in [5.74, 6) is -0.284. The highest BCUT2D eigenvalue weighted by molar-refractivity contribution is 5.82. The number of hydrogen-bond acceptors (Lipinski definition) is 5. The van der Waals surface area contributed by atoms with Crippen LogP contribution in [0.3, 0.4) is 0 Å². The van der Waals surface area contributed by atoms with Crippen molar-refractivity contribution < 1.29 is 9.53 Å². The molecule has 0 aliphatic carbocycles. The quantitative estimate of drug-likeness (QED) is 0.755. The predicted molar refractivity (Wildman–Crippen MR) is 93.9 cm³/mol. The molecule has 0 radical (unpaired) electrons. The van der Waals surface area contributed by atoms with E-state index in [0.29, 0.717) is 13.2 Å². The van der Waals surface area contributed by atoms with Crippen molar-refractivity contribution in [2.45, 2.75) is 52.0 Å². The van der Waals surface area contributed by atoms with Gasteiger partial charge in [-0.25, -0.2) is 9.67 Å². The average Bonchev–Trinajstić information content (AvgIpc) is 3.07. The normalized spacial score (nSPS) is 11.8. The predicted octanol–water partition coefficient (Wildman–Crippen LogP) is 2.97. The van der Waals surface area contributed by atoms with E-state index in [9.17, 15) is 10.1 Å². The number of esters is 1. The van der Waals surface area contributed by atoms with Crippen LogP contribution in [0.15, 0.2) is 30.9 Å². The maximum absolute atomic E-state index is 12.4. The molecule has 0 saturated heterocycles. The molecule has 1 aromatic carbocycles. The van der Waals surface area contributed by atoms with E-state index in [0.717, 1.165) is 16.7 Å². The molecule has 25 heavy (non-hydrogen) atoms. The maximum atomic E-state index is 12.4. The molecule has 0 spiro atoms. The minimum Gasteiger partial charge on any atom is -0.465 e. The number of nitrogens with zero attached hydrogens (tertiary/aromatic N) is 4. The van der Waals surface area contributed by atoms with Crippen molar-refractivity contribution in [2.75, 3.05) is 6.61 Å². The molecule has 6 nitrogen and oxygen atoms in total. The molecule has 1 aromatic heterocycles. The zero-order chi connectivity index (χ0) is 18.7. The summed E-state index contributed by atoms with van der Waals surface area (Å²) in [4.78, 5) is 16.4. The molecule has 6 heteroatoms. The van der Waals surface area contributed by atoms with Crippen molar-refractivity contribution in [1.29, 1.82) is 5.26 Å². The summed E-state index contributed by atoms with van der Waals surface area (Å²) in [5, 5.41) is 13.6. The van der Waals surface area contributed by atoms with Crippen molar-refractivity contribution in [2.24, 2.45) is 0 Å². The van der Waals surface area contributed by atoms with Crippen LogP contribution in [-0.4, -0.2) is 27.3 Å². The minimum absolute atomic E-state index is 0.284. The Morgan fingerprint density at radius 2 is 1.92 bits per heavy atom. The van der Waals surface area contributed by atoms with E-state index in [2.05, 4.69) is 16.2 Å². The molecule has 0 aliphatic heterocycles. The maximum Gasteiger partial charge on any atom is 0.315 e. The fourth-order valence-electron chi connectivity index (χ4n) is 2.50. The van der Waals surface area contributed by atoms with Gasteiger partial charge in [-0.3, -0.25) is 4.79 Å². The lowest BCUT2D eigenvalue weighted by atomic mass is 9.78. The summed E-state index contributed by atoms with van der Waals surface area (Å²) in [6.07, 6.45) is 3.12. The Labute approximate surface area is 148 Å². The van der Waals surface area contributed by atoms with Gasteiger partial charge in [0.15, 0.2) is 0 Å². The third-order valence-electron chi connectivity index (χ3n) is 4.31. The second-order valence-electron chi connectivity index (χ2n) is 7.09. The lowest BCUT2D eigenvalue weighted by Gasteiger charge is -2.26. The lowest BCUT2D eigenvalue weighted by molar-refractivity contribution is -0.148. The second kappa shape index (κ2) is 7.06. The van der Waals surface area contributed by atoms with Crippen molar-refractivity contribution >= 4 is 5.97 Å². The SMILES string of the molecule is CCOC(=O)C(C)(C)c1cc(Cn2cncn2)cc(C(C)(C)C#N)c1. The van der Waals surface area contributed by atoms with Crippen LogP contribution in [0.4, 0.5) is 0 Å². The number of ether oxygens (including phenoxy) is 1. The number of hydrogen-bond donors (Lipinski definition) is 0. The van der Waals surface area contributed by atoms with E-state index in [1.165, 1.54) is 6.33 Å². The van der Waals surface area contributed by atoms with E-state index in [4.69, 9.17) is 4.74 Å². The Kier molecular flexibility index (Phi) is 5.27. The van der Waals surface area contributed by atoms with Gasteiger partial charge in [-0.15, -0.1) is 0 Å². The summed E-state index contributed by atoms with van der Waals surface area (Å²) >= 11 is 0. The number of carbonyl (C=O) groups is 1. The van der Waals surface area contributed by atoms with Gasteiger partial charge in [0.1, 0.15) is 12.7 Å². The molecule has 0 fully saturated rings. The first-order valence-electron chi connectivity index (χ1n) is 8.26. The number of rotatable bonds is 6. The van der Waals surface area contributed by atoms with Gasteiger partial charge in [0, 0.05) is 0 Å². The highest BCUT2D eigenvalue weighted by Crippen LogP contribution is 2.31. The van der Waals surface area contributed by atoms with Gasteiger partial charge < -0.3 is 4.74 Å². The van der Waals surface area contributed by atoms with Crippen molar-refractivity contribution in [3.63, 3.8) is 0 Å². The monoisotopic (exact) mass is 340 g/mol. The molecule has 0 bridgehead atoms. The van der Waals surface area contributed by atoms with Gasteiger partial charge in [0.25, 0.3) is 0 Å². The Morgan fingerprint density at radius 1 is 1.24 bits per heavy atom. The standard InChI is InChI=1S/C19H24N4O2/c1-6-25-17(24)19(4,5)16-8-14(10-23-13-21-12-22-23)7-15(9-16)18(2,3)11-20/h7-9,12-13H,6,10H2,1-5H3. The van der Waals surface area contributed by atoms with E-state index in [1.54, 1.807) is 17.9 Å². The summed E-state index contributed by atoms with van der Waals surface area (Å²) in [6.45, 7) is 10.0. The fraction of sp³-hybridized carbons (Fsp3) is 0.474. The molecule has 0 atom stereocenters. The van der Waals surface area contributed by atoms with E-state index >= 15 is 0 Å². The van der Waals surface area contributed by atoms with Gasteiger partial charge in [-0.05, 0) is 51.3 Å². The zero-order valence-corrected chi connectivity index (χ0v) is 15.4. The van der Waals surface area contributed by atoms with Crippen LogP contribution >= 0.6 is 0 Å². The van der Waals surface area contributed by atoms with Gasteiger partial charge in [-0.2, -0.15) is 10.4 Å². The van der Waals surface area contributed by atoms with E-state index < -0.39 is 10.8 Å². The van der Waals surface area contributed by atoms with Crippen LogP contribution in [0, 0.1) is 11.3 Å². The molecule has 1 heterocycles. The molecule has 2 aromatic rings. The van der Waals surface area contributed by atoms with Gasteiger partial charge >= 0.3 is 5.97 Å². The van der Waals surface area contributed by atoms with Crippen LogP contribution in [0.5, 0.6) is 0 Å². The van der Waals surface area contributed by atoms with Crippen LogP contribution in [0.1, 0.15) is 51.3 Å². The van der Waals surface area contributed by atoms with E-state index in [-0.39, 0.29) is 5.97 Å². The van der Waals surface area contributed by atoms with Crippen LogP contribution in [0.25, 0.3) is 0 Å². The highest BCUT2D eigenvalue weighted by atomic mass is 16.5. The third-order valence-corrected chi connectivity index (χ3v) is 4.31. The Bertz CT molecular complexity index is 786. The molecular weight excluding hydrogens is 316 g/mol. The molecule has 132 valence electrons. The number of carbonyl (C=O) groups excluding carboxylic acids is 1. The topological polar surface area (TPSA) is 80.8 Å². The fourth-order valence-corrected chi connectivity index (χ4v) is 2.50. The molecule has 0 saturated carbocycles. The van der Waals surface area contributed by atoms with Crippen LogP contribution in [-0.2, 0) is 26.9 Å². The number of benzene rings is 1. The molecular formula is C19H24N4O2. The Hall–Kier alpha value is -2.68. The second-order valence-corrected chi connectivity index (χ2v) is 7.09. The van der Waals surface area contributed by atoms with Crippen LogP contribution < -0.4 is 0 Å². The van der Waals surface area contributed by atoms with Gasteiger partial charge in [0.2, 0.25) is 0 Å². The van der Waals surface area contributed by atoms with Crippen LogP contribution in [0.2, 0.25) is 0 Å². The highest BCUT2D eigenvalue weighted by Gasteiger charge is 2.33. The summed E-state index contributed by atoms with van der Waals surface area (Å²) in [7, 11) is 0. The first kappa shape index (κ1) is 18.7. The zero-order valence-electron chi connectivity index (χ0n) is 15.4.